The largest absolute Gasteiger partial charge is 0.298 e. The first-order valence-corrected chi connectivity index (χ1v) is 7.52. The summed E-state index contributed by atoms with van der Waals surface area (Å²) in [5.41, 5.74) is 4.81. The molecule has 0 aliphatic carbocycles. The van der Waals surface area contributed by atoms with Crippen molar-refractivity contribution < 1.29 is 4.84 Å². The second kappa shape index (κ2) is 4.05. The highest BCUT2D eigenvalue weighted by molar-refractivity contribution is 6.00. The Kier molecular flexibility index (Phi) is 2.26. The van der Waals surface area contributed by atoms with Crippen molar-refractivity contribution in [3.05, 3.63) is 36.2 Å². The minimum Gasteiger partial charge on any atom is -0.298 e. The number of hydrogen-bond donors (Lipinski definition) is 1. The van der Waals surface area contributed by atoms with Crippen LogP contribution in [0.25, 0.3) is 5.52 Å². The summed E-state index contributed by atoms with van der Waals surface area (Å²) in [5.74, 6) is 1.37. The van der Waals surface area contributed by atoms with E-state index in [1.807, 2.05) is 22.8 Å². The van der Waals surface area contributed by atoms with Crippen LogP contribution in [0, 0.1) is 5.92 Å². The Labute approximate surface area is 122 Å². The van der Waals surface area contributed by atoms with Crippen LogP contribution in [0.15, 0.2) is 35.6 Å². The van der Waals surface area contributed by atoms with Crippen molar-refractivity contribution in [1.29, 1.82) is 0 Å². The van der Waals surface area contributed by atoms with Gasteiger partial charge in [-0.1, -0.05) is 0 Å². The zero-order valence-electron chi connectivity index (χ0n) is 11.7. The average Bonchev–Trinajstić information content (AvgIpc) is 3.15. The topological polar surface area (TPSA) is 54.2 Å². The third-order valence-electron chi connectivity index (χ3n) is 4.97. The molecule has 0 saturated carbocycles. The summed E-state index contributed by atoms with van der Waals surface area (Å²) < 4.78 is 1.85. The lowest BCUT2D eigenvalue weighted by Crippen LogP contribution is -2.58. The second-order valence-electron chi connectivity index (χ2n) is 6.18. The summed E-state index contributed by atoms with van der Waals surface area (Å²) in [4.78, 5) is 13.3. The second-order valence-corrected chi connectivity index (χ2v) is 6.18. The van der Waals surface area contributed by atoms with Crippen molar-refractivity contribution in [2.75, 3.05) is 19.6 Å². The third kappa shape index (κ3) is 1.66. The van der Waals surface area contributed by atoms with Gasteiger partial charge in [-0.25, -0.2) is 19.8 Å². The molecule has 2 bridgehead atoms. The van der Waals surface area contributed by atoms with Gasteiger partial charge in [-0.05, 0) is 44.1 Å². The van der Waals surface area contributed by atoms with Crippen molar-refractivity contribution in [2.45, 2.75) is 18.6 Å². The predicted molar refractivity (Wildman–Crippen MR) is 77.8 cm³/mol. The van der Waals surface area contributed by atoms with Crippen LogP contribution in [-0.4, -0.2) is 45.7 Å². The molecule has 6 heteroatoms. The van der Waals surface area contributed by atoms with Gasteiger partial charge in [-0.3, -0.25) is 4.90 Å². The number of aliphatic imine (C=N–C) groups is 1. The predicted octanol–water partition coefficient (Wildman–Crippen LogP) is 1.04. The standard InChI is InChI=1S/C15H17N5O/c1-5-16-20-8-2-11(9-13(1)20)14-17-15(21-18-14)10-19-6-3-12(15)4-7-19/h1-2,5,8-9,12H,3-4,6-7,10H2,(H,17,18). The molecule has 4 aliphatic heterocycles. The minimum atomic E-state index is -0.377. The molecular weight excluding hydrogens is 266 g/mol. The van der Waals surface area contributed by atoms with Crippen LogP contribution >= 0.6 is 0 Å². The maximum absolute atomic E-state index is 5.96. The Balaban J connectivity index is 1.53. The van der Waals surface area contributed by atoms with E-state index < -0.39 is 0 Å². The van der Waals surface area contributed by atoms with Crippen LogP contribution in [0.4, 0.5) is 0 Å². The number of aromatic nitrogens is 2. The molecule has 0 radical (unpaired) electrons. The first-order valence-electron chi connectivity index (χ1n) is 7.52. The van der Waals surface area contributed by atoms with E-state index in [0.717, 1.165) is 23.5 Å². The van der Waals surface area contributed by atoms with E-state index in [1.54, 1.807) is 6.20 Å². The zero-order chi connectivity index (χ0) is 13.9. The van der Waals surface area contributed by atoms with Crippen LogP contribution in [0.3, 0.4) is 0 Å². The Bertz CT molecular complexity index is 730. The molecule has 2 aromatic rings. The molecule has 0 aromatic carbocycles. The number of hydrogen-bond acceptors (Lipinski definition) is 5. The normalized spacial score (nSPS) is 34.4. The average molecular weight is 283 g/mol. The summed E-state index contributed by atoms with van der Waals surface area (Å²) in [5, 5.41) is 4.22. The molecule has 3 saturated heterocycles. The fourth-order valence-electron chi connectivity index (χ4n) is 3.80. The van der Waals surface area contributed by atoms with Gasteiger partial charge in [0.1, 0.15) is 0 Å². The smallest absolute Gasteiger partial charge is 0.202 e. The molecule has 6 heterocycles. The number of piperidine rings is 3. The van der Waals surface area contributed by atoms with Crippen LogP contribution in [0.5, 0.6) is 0 Å². The molecule has 0 amide bonds. The van der Waals surface area contributed by atoms with Crippen LogP contribution in [-0.2, 0) is 4.84 Å². The zero-order valence-corrected chi connectivity index (χ0v) is 11.7. The van der Waals surface area contributed by atoms with Gasteiger partial charge in [0.15, 0.2) is 5.84 Å². The molecule has 3 fully saturated rings. The van der Waals surface area contributed by atoms with E-state index >= 15 is 0 Å². The molecule has 1 atom stereocenters. The van der Waals surface area contributed by atoms with Crippen molar-refractivity contribution in [3.63, 3.8) is 0 Å². The maximum Gasteiger partial charge on any atom is 0.202 e. The summed E-state index contributed by atoms with van der Waals surface area (Å²) in [6.45, 7) is 3.27. The van der Waals surface area contributed by atoms with Crippen molar-refractivity contribution in [2.24, 2.45) is 10.9 Å². The monoisotopic (exact) mass is 283 g/mol. The first-order chi connectivity index (χ1) is 10.3. The fourth-order valence-corrected chi connectivity index (χ4v) is 3.80. The Morgan fingerprint density at radius 2 is 2.19 bits per heavy atom. The Hall–Kier alpha value is -1.92. The highest BCUT2D eigenvalue weighted by Gasteiger charge is 2.51. The fraction of sp³-hybridized carbons (Fsp3) is 0.467. The summed E-state index contributed by atoms with van der Waals surface area (Å²) in [6, 6.07) is 6.10. The lowest BCUT2D eigenvalue weighted by Gasteiger charge is -2.47. The maximum atomic E-state index is 5.96. The van der Waals surface area contributed by atoms with E-state index in [1.165, 1.54) is 25.9 Å². The summed E-state index contributed by atoms with van der Waals surface area (Å²) >= 11 is 0. The highest BCUT2D eigenvalue weighted by atomic mass is 16.7. The number of fused-ring (bicyclic) bond motifs is 3. The summed E-state index contributed by atoms with van der Waals surface area (Å²) in [6.07, 6.45) is 6.12. The van der Waals surface area contributed by atoms with Gasteiger partial charge in [-0.15, -0.1) is 0 Å². The van der Waals surface area contributed by atoms with Gasteiger partial charge >= 0.3 is 0 Å². The van der Waals surface area contributed by atoms with Crippen molar-refractivity contribution in [3.8, 4) is 0 Å². The Morgan fingerprint density at radius 3 is 3.00 bits per heavy atom. The SMILES string of the molecule is c1cc2cc(C3=NC4(CN5CCC4CC5)ON3)ccn2n1. The third-order valence-corrected chi connectivity index (χ3v) is 4.97. The van der Waals surface area contributed by atoms with E-state index in [9.17, 15) is 0 Å². The lowest BCUT2D eigenvalue weighted by molar-refractivity contribution is -0.155. The molecule has 2 aromatic heterocycles. The van der Waals surface area contributed by atoms with Gasteiger partial charge in [0.25, 0.3) is 0 Å². The van der Waals surface area contributed by atoms with E-state index in [0.29, 0.717) is 5.92 Å². The summed E-state index contributed by atoms with van der Waals surface area (Å²) in [7, 11) is 0. The van der Waals surface area contributed by atoms with Crippen LogP contribution in [0.1, 0.15) is 18.4 Å². The van der Waals surface area contributed by atoms with Gasteiger partial charge in [0, 0.05) is 23.9 Å². The Morgan fingerprint density at radius 1 is 1.29 bits per heavy atom. The number of nitrogens with zero attached hydrogens (tertiary/aromatic N) is 4. The molecule has 21 heavy (non-hydrogen) atoms. The van der Waals surface area contributed by atoms with Gasteiger partial charge in [0.05, 0.1) is 12.1 Å². The number of nitrogens with one attached hydrogen (secondary N) is 1. The molecule has 1 N–H and O–H groups in total. The first kappa shape index (κ1) is 11.7. The molecule has 1 unspecified atom stereocenters. The highest BCUT2D eigenvalue weighted by Crippen LogP contribution is 2.40. The molecule has 108 valence electrons. The number of pyridine rings is 1. The molecule has 4 aliphatic rings. The molecule has 1 spiro atoms. The number of rotatable bonds is 1. The van der Waals surface area contributed by atoms with Crippen LogP contribution in [0.2, 0.25) is 0 Å². The number of hydroxylamine groups is 1. The lowest BCUT2D eigenvalue weighted by atomic mass is 9.81. The van der Waals surface area contributed by atoms with E-state index in [2.05, 4.69) is 21.5 Å². The number of amidine groups is 1. The van der Waals surface area contributed by atoms with E-state index in [4.69, 9.17) is 9.83 Å². The molecular formula is C15H17N5O. The molecule has 6 nitrogen and oxygen atoms in total. The van der Waals surface area contributed by atoms with E-state index in [-0.39, 0.29) is 5.72 Å². The van der Waals surface area contributed by atoms with Crippen molar-refractivity contribution in [1.82, 2.24) is 20.0 Å². The van der Waals surface area contributed by atoms with Gasteiger partial charge in [-0.2, -0.15) is 5.10 Å². The molecule has 6 rings (SSSR count). The van der Waals surface area contributed by atoms with Crippen molar-refractivity contribution >= 4 is 11.4 Å². The quantitative estimate of drug-likeness (QED) is 0.849. The van der Waals surface area contributed by atoms with Gasteiger partial charge < -0.3 is 0 Å². The van der Waals surface area contributed by atoms with Crippen LogP contribution < -0.4 is 5.48 Å². The minimum absolute atomic E-state index is 0.377. The van der Waals surface area contributed by atoms with Gasteiger partial charge in [0.2, 0.25) is 5.72 Å².